The van der Waals surface area contributed by atoms with Crippen LogP contribution >= 0.6 is 11.6 Å². The number of sulfonamides is 1. The molecular formula is C22H27ClN2O4S. The molecule has 0 unspecified atom stereocenters. The second kappa shape index (κ2) is 9.37. The molecule has 2 aromatic carbocycles. The molecule has 162 valence electrons. The third-order valence-corrected chi connectivity index (χ3v) is 7.38. The molecule has 1 heterocycles. The van der Waals surface area contributed by atoms with Crippen LogP contribution in [0.1, 0.15) is 30.9 Å². The molecule has 1 saturated heterocycles. The highest BCUT2D eigenvalue weighted by Crippen LogP contribution is 2.28. The fourth-order valence-electron chi connectivity index (χ4n) is 3.63. The average Bonchev–Trinajstić information content (AvgIpc) is 2.71. The van der Waals surface area contributed by atoms with Crippen LogP contribution in [-0.2, 0) is 14.8 Å². The molecule has 0 bridgehead atoms. The molecular weight excluding hydrogens is 424 g/mol. The predicted molar refractivity (Wildman–Crippen MR) is 119 cm³/mol. The number of nitrogens with zero attached hydrogens (tertiary/aromatic N) is 1. The lowest BCUT2D eigenvalue weighted by Crippen LogP contribution is -2.43. The Hall–Kier alpha value is -2.09. The van der Waals surface area contributed by atoms with E-state index in [1.165, 1.54) is 4.31 Å². The number of anilines is 1. The number of carbonyl (C=O) groups is 1. The summed E-state index contributed by atoms with van der Waals surface area (Å²) in [6.07, 6.45) is 1.28. The summed E-state index contributed by atoms with van der Waals surface area (Å²) in [6.45, 7) is 6.65. The molecule has 1 fully saturated rings. The van der Waals surface area contributed by atoms with Gasteiger partial charge in [-0.1, -0.05) is 11.6 Å². The molecule has 30 heavy (non-hydrogen) atoms. The van der Waals surface area contributed by atoms with Crippen LogP contribution in [0.15, 0.2) is 41.3 Å². The number of ether oxygens (including phenoxy) is 1. The van der Waals surface area contributed by atoms with Crippen molar-refractivity contribution in [2.75, 3.05) is 25.0 Å². The molecule has 0 radical (unpaired) electrons. The average molecular weight is 451 g/mol. The van der Waals surface area contributed by atoms with Crippen molar-refractivity contribution in [2.45, 2.75) is 38.5 Å². The number of hydrogen-bond donors (Lipinski definition) is 1. The van der Waals surface area contributed by atoms with Gasteiger partial charge in [-0.05, 0) is 81.1 Å². The van der Waals surface area contributed by atoms with E-state index >= 15 is 0 Å². The van der Waals surface area contributed by atoms with Crippen molar-refractivity contribution in [1.29, 1.82) is 0 Å². The highest BCUT2D eigenvalue weighted by molar-refractivity contribution is 7.89. The van der Waals surface area contributed by atoms with E-state index in [0.717, 1.165) is 11.1 Å². The number of rotatable bonds is 6. The van der Waals surface area contributed by atoms with Gasteiger partial charge in [0.15, 0.2) is 0 Å². The molecule has 1 amide bonds. The van der Waals surface area contributed by atoms with Gasteiger partial charge in [0.2, 0.25) is 15.9 Å². The van der Waals surface area contributed by atoms with Gasteiger partial charge < -0.3 is 10.1 Å². The monoisotopic (exact) mass is 450 g/mol. The van der Waals surface area contributed by atoms with E-state index < -0.39 is 15.9 Å². The zero-order valence-corrected chi connectivity index (χ0v) is 19.0. The Balaban J connectivity index is 1.74. The van der Waals surface area contributed by atoms with Crippen molar-refractivity contribution >= 4 is 33.2 Å². The number of aryl methyl sites for hydroxylation is 2. The van der Waals surface area contributed by atoms with Crippen LogP contribution in [0.25, 0.3) is 0 Å². The fourth-order valence-corrected chi connectivity index (χ4v) is 5.46. The third-order valence-electron chi connectivity index (χ3n) is 5.29. The van der Waals surface area contributed by atoms with Gasteiger partial charge in [0.25, 0.3) is 0 Å². The number of nitrogens with one attached hydrogen (secondary N) is 1. The molecule has 0 saturated carbocycles. The maximum Gasteiger partial charge on any atom is 0.243 e. The van der Waals surface area contributed by atoms with Crippen LogP contribution in [-0.4, -0.2) is 38.3 Å². The Kier molecular flexibility index (Phi) is 7.06. The normalized spacial score (nSPS) is 17.5. The van der Waals surface area contributed by atoms with Gasteiger partial charge in [-0.3, -0.25) is 4.79 Å². The lowest BCUT2D eigenvalue weighted by Gasteiger charge is -2.31. The van der Waals surface area contributed by atoms with Gasteiger partial charge in [-0.25, -0.2) is 8.42 Å². The molecule has 3 rings (SSSR count). The van der Waals surface area contributed by atoms with E-state index in [0.29, 0.717) is 42.5 Å². The minimum atomic E-state index is -3.69. The van der Waals surface area contributed by atoms with Crippen LogP contribution in [0.3, 0.4) is 0 Å². The van der Waals surface area contributed by atoms with E-state index in [2.05, 4.69) is 5.32 Å². The number of amides is 1. The van der Waals surface area contributed by atoms with Gasteiger partial charge in [0.1, 0.15) is 5.75 Å². The summed E-state index contributed by atoms with van der Waals surface area (Å²) in [5.74, 6) is 0.0845. The summed E-state index contributed by atoms with van der Waals surface area (Å²) in [4.78, 5) is 13.0. The van der Waals surface area contributed by atoms with Gasteiger partial charge in [0.05, 0.1) is 17.4 Å². The molecule has 0 aliphatic carbocycles. The second-order valence-corrected chi connectivity index (χ2v) is 9.89. The van der Waals surface area contributed by atoms with Crippen LogP contribution in [0.4, 0.5) is 5.69 Å². The zero-order chi connectivity index (χ0) is 21.9. The molecule has 6 nitrogen and oxygen atoms in total. The highest BCUT2D eigenvalue weighted by atomic mass is 35.5. The van der Waals surface area contributed by atoms with Gasteiger partial charge in [-0.2, -0.15) is 4.31 Å². The van der Waals surface area contributed by atoms with Crippen LogP contribution < -0.4 is 10.1 Å². The van der Waals surface area contributed by atoms with Crippen molar-refractivity contribution in [3.8, 4) is 5.75 Å². The summed E-state index contributed by atoms with van der Waals surface area (Å²) in [5.41, 5.74) is 2.31. The summed E-state index contributed by atoms with van der Waals surface area (Å²) in [6, 6.07) is 10.1. The van der Waals surface area contributed by atoms with Crippen molar-refractivity contribution in [2.24, 2.45) is 5.92 Å². The molecule has 1 aliphatic rings. The SMILES string of the molecule is CCOc1ccc(S(=O)(=O)N2CCC[C@H](C(=O)Nc3ccc(Cl)cc3C)C2)cc1C. The first-order valence-corrected chi connectivity index (χ1v) is 11.8. The molecule has 0 spiro atoms. The first-order chi connectivity index (χ1) is 14.2. The maximum atomic E-state index is 13.2. The first-order valence-electron chi connectivity index (χ1n) is 10.0. The molecule has 1 atom stereocenters. The van der Waals surface area contributed by atoms with E-state index in [1.54, 1.807) is 36.4 Å². The summed E-state index contributed by atoms with van der Waals surface area (Å²) in [5, 5.41) is 3.52. The smallest absolute Gasteiger partial charge is 0.243 e. The lowest BCUT2D eigenvalue weighted by molar-refractivity contribution is -0.120. The number of piperidine rings is 1. The maximum absolute atomic E-state index is 13.2. The third kappa shape index (κ3) is 4.96. The molecule has 0 aromatic heterocycles. The fraction of sp³-hybridized carbons (Fsp3) is 0.409. The second-order valence-electron chi connectivity index (χ2n) is 7.51. The number of hydrogen-bond acceptors (Lipinski definition) is 4. The zero-order valence-electron chi connectivity index (χ0n) is 17.4. The Bertz CT molecular complexity index is 1040. The van der Waals surface area contributed by atoms with E-state index in [9.17, 15) is 13.2 Å². The standard InChI is InChI=1S/C22H27ClN2O4S/c1-4-29-21-10-8-19(13-16(21)3)30(27,28)25-11-5-6-17(14-25)22(26)24-20-9-7-18(23)12-15(20)2/h7-10,12-13,17H,4-6,11,14H2,1-3H3,(H,24,26)/t17-/m0/s1. The van der Waals surface area contributed by atoms with Crippen molar-refractivity contribution in [3.63, 3.8) is 0 Å². The Morgan fingerprint density at radius 2 is 1.97 bits per heavy atom. The number of benzene rings is 2. The van der Waals surface area contributed by atoms with Gasteiger partial charge in [0, 0.05) is 23.8 Å². The van der Waals surface area contributed by atoms with E-state index in [4.69, 9.17) is 16.3 Å². The number of carbonyl (C=O) groups excluding carboxylic acids is 1. The summed E-state index contributed by atoms with van der Waals surface area (Å²) >= 11 is 5.97. The minimum absolute atomic E-state index is 0.160. The Labute approximate surface area is 183 Å². The summed E-state index contributed by atoms with van der Waals surface area (Å²) in [7, 11) is -3.69. The van der Waals surface area contributed by atoms with E-state index in [-0.39, 0.29) is 17.3 Å². The van der Waals surface area contributed by atoms with Crippen molar-refractivity contribution in [1.82, 2.24) is 4.31 Å². The van der Waals surface area contributed by atoms with Crippen molar-refractivity contribution in [3.05, 3.63) is 52.5 Å². The first kappa shape index (κ1) is 22.6. The minimum Gasteiger partial charge on any atom is -0.494 e. The largest absolute Gasteiger partial charge is 0.494 e. The molecule has 1 aliphatic heterocycles. The molecule has 8 heteroatoms. The van der Waals surface area contributed by atoms with Gasteiger partial charge in [-0.15, -0.1) is 0 Å². The Morgan fingerprint density at radius 3 is 2.63 bits per heavy atom. The van der Waals surface area contributed by atoms with Crippen LogP contribution in [0, 0.1) is 19.8 Å². The molecule has 2 aromatic rings. The lowest BCUT2D eigenvalue weighted by atomic mass is 9.98. The van der Waals surface area contributed by atoms with Crippen LogP contribution in [0.5, 0.6) is 5.75 Å². The predicted octanol–water partition coefficient (Wildman–Crippen LogP) is 4.39. The topological polar surface area (TPSA) is 75.7 Å². The highest BCUT2D eigenvalue weighted by Gasteiger charge is 2.33. The van der Waals surface area contributed by atoms with Crippen molar-refractivity contribution < 1.29 is 17.9 Å². The quantitative estimate of drug-likeness (QED) is 0.707. The van der Waals surface area contributed by atoms with Crippen LogP contribution in [0.2, 0.25) is 5.02 Å². The molecule has 1 N–H and O–H groups in total. The van der Waals surface area contributed by atoms with Gasteiger partial charge >= 0.3 is 0 Å². The number of halogens is 1. The van der Waals surface area contributed by atoms with E-state index in [1.807, 2.05) is 20.8 Å². The summed E-state index contributed by atoms with van der Waals surface area (Å²) < 4.78 is 33.2. The Morgan fingerprint density at radius 1 is 1.20 bits per heavy atom.